The number of thiazole rings is 1. The second-order valence-corrected chi connectivity index (χ2v) is 9.53. The van der Waals surface area contributed by atoms with Crippen LogP contribution in [0.1, 0.15) is 56.0 Å². The van der Waals surface area contributed by atoms with Crippen LogP contribution in [0.15, 0.2) is 40.8 Å². The molecular formula is C24H30N4O3S. The molecule has 1 aromatic carbocycles. The van der Waals surface area contributed by atoms with Gasteiger partial charge in [-0.2, -0.15) is 0 Å². The zero-order valence-corrected chi connectivity index (χ0v) is 19.3. The van der Waals surface area contributed by atoms with Crippen molar-refractivity contribution >= 4 is 34.6 Å². The Morgan fingerprint density at radius 2 is 2.12 bits per heavy atom. The van der Waals surface area contributed by atoms with Crippen LogP contribution < -0.4 is 10.2 Å². The van der Waals surface area contributed by atoms with Crippen LogP contribution >= 0.6 is 11.3 Å². The van der Waals surface area contributed by atoms with Gasteiger partial charge in [0.2, 0.25) is 12.1 Å². The van der Waals surface area contributed by atoms with E-state index < -0.39 is 18.2 Å². The third kappa shape index (κ3) is 4.91. The van der Waals surface area contributed by atoms with Crippen molar-refractivity contribution in [1.82, 2.24) is 10.3 Å². The first-order valence-electron chi connectivity index (χ1n) is 11.3. The Kier molecular flexibility index (Phi) is 7.01. The number of likely N-dealkylation sites (N-methyl/N-ethyl adjacent to an activating group) is 1. The number of anilines is 1. The number of carbonyl (C=O) groups excluding carboxylic acids is 2. The highest BCUT2D eigenvalue weighted by Crippen LogP contribution is 2.37. The molecule has 8 heteroatoms. The van der Waals surface area contributed by atoms with Gasteiger partial charge >= 0.3 is 0 Å². The maximum Gasteiger partial charge on any atom is 0.272 e. The maximum atomic E-state index is 13.3. The van der Waals surface area contributed by atoms with E-state index in [1.165, 1.54) is 16.2 Å². The molecule has 0 spiro atoms. The predicted molar refractivity (Wildman–Crippen MR) is 126 cm³/mol. The predicted octanol–water partition coefficient (Wildman–Crippen LogP) is 3.37. The first-order chi connectivity index (χ1) is 15.5. The Balaban J connectivity index is 1.63. The standard InChI is InChI=1S/C24H30N4O3S/c1-3-4-9-19(29)17(14-15-10-11-15)22(30)27-21-24(31)28(2)18-8-6-5-7-16(18)20(26-21)23-25-12-13-32-23/h5-8,12-13,15,17,19,21,29H,3-4,9-11,14H2,1-2H3,(H,27,30)/t17-,19+,21?/m1/s1. The number of nitrogens with zero attached hydrogens (tertiary/aromatic N) is 3. The summed E-state index contributed by atoms with van der Waals surface area (Å²) in [7, 11) is 1.69. The van der Waals surface area contributed by atoms with E-state index in [1.54, 1.807) is 13.2 Å². The van der Waals surface area contributed by atoms with Gasteiger partial charge in [0.25, 0.3) is 5.91 Å². The number of hydrogen-bond donors (Lipinski definition) is 2. The number of amides is 2. The normalized spacial score (nSPS) is 20.2. The van der Waals surface area contributed by atoms with E-state index >= 15 is 0 Å². The molecule has 0 radical (unpaired) electrons. The van der Waals surface area contributed by atoms with Crippen LogP contribution in [-0.2, 0) is 9.59 Å². The average molecular weight is 455 g/mol. The molecule has 170 valence electrons. The fourth-order valence-corrected chi connectivity index (χ4v) is 4.78. The SMILES string of the molecule is CCCC[C@H](O)[C@@H](CC1CC1)C(=O)NC1N=C(c2nccs2)c2ccccc2N(C)C1=O. The number of nitrogens with one attached hydrogen (secondary N) is 1. The molecule has 7 nitrogen and oxygen atoms in total. The summed E-state index contributed by atoms with van der Waals surface area (Å²) in [6, 6.07) is 7.55. The Hall–Kier alpha value is -2.58. The molecule has 0 saturated heterocycles. The highest BCUT2D eigenvalue weighted by Gasteiger charge is 2.37. The van der Waals surface area contributed by atoms with Crippen molar-refractivity contribution < 1.29 is 14.7 Å². The second-order valence-electron chi connectivity index (χ2n) is 8.64. The fraction of sp³-hybridized carbons (Fsp3) is 0.500. The number of fused-ring (bicyclic) bond motifs is 1. The molecule has 2 aromatic rings. The number of rotatable bonds is 9. The summed E-state index contributed by atoms with van der Waals surface area (Å²) < 4.78 is 0. The van der Waals surface area contributed by atoms with Gasteiger partial charge in [0.1, 0.15) is 10.7 Å². The fourth-order valence-electron chi connectivity index (χ4n) is 4.13. The molecule has 3 atom stereocenters. The van der Waals surface area contributed by atoms with Crippen molar-refractivity contribution in [3.05, 3.63) is 46.4 Å². The number of carbonyl (C=O) groups is 2. The van der Waals surface area contributed by atoms with Crippen molar-refractivity contribution in [3.63, 3.8) is 0 Å². The highest BCUT2D eigenvalue weighted by atomic mass is 32.1. The van der Waals surface area contributed by atoms with Crippen molar-refractivity contribution in [3.8, 4) is 0 Å². The van der Waals surface area contributed by atoms with E-state index in [0.29, 0.717) is 29.5 Å². The summed E-state index contributed by atoms with van der Waals surface area (Å²) in [6.07, 6.45) is 5.16. The lowest BCUT2D eigenvalue weighted by Crippen LogP contribution is -2.49. The Bertz CT molecular complexity index is 987. The number of aliphatic imine (C=N–C) groups is 1. The first kappa shape index (κ1) is 22.6. The molecular weight excluding hydrogens is 424 g/mol. The number of benzene rings is 1. The lowest BCUT2D eigenvalue weighted by molar-refractivity contribution is -0.133. The van der Waals surface area contributed by atoms with Gasteiger partial charge in [-0.05, 0) is 24.8 Å². The molecule has 2 heterocycles. The summed E-state index contributed by atoms with van der Waals surface area (Å²) in [5.74, 6) is -0.671. The Morgan fingerprint density at radius 1 is 1.34 bits per heavy atom. The van der Waals surface area contributed by atoms with Crippen LogP contribution in [0.5, 0.6) is 0 Å². The van der Waals surface area contributed by atoms with E-state index in [0.717, 1.165) is 36.9 Å². The molecule has 32 heavy (non-hydrogen) atoms. The number of aliphatic hydroxyl groups is 1. The van der Waals surface area contributed by atoms with Crippen LogP contribution in [-0.4, -0.2) is 46.9 Å². The Morgan fingerprint density at radius 3 is 2.81 bits per heavy atom. The molecule has 4 rings (SSSR count). The number of aromatic nitrogens is 1. The molecule has 1 unspecified atom stereocenters. The van der Waals surface area contributed by atoms with E-state index in [9.17, 15) is 14.7 Å². The van der Waals surface area contributed by atoms with Gasteiger partial charge in [-0.3, -0.25) is 9.59 Å². The smallest absolute Gasteiger partial charge is 0.272 e. The van der Waals surface area contributed by atoms with E-state index in [-0.39, 0.29) is 11.8 Å². The van der Waals surface area contributed by atoms with Crippen molar-refractivity contribution in [2.24, 2.45) is 16.8 Å². The quantitative estimate of drug-likeness (QED) is 0.607. The minimum Gasteiger partial charge on any atom is -0.392 e. The van der Waals surface area contributed by atoms with Crippen LogP contribution in [0.4, 0.5) is 5.69 Å². The number of unbranched alkanes of at least 4 members (excludes halogenated alkanes) is 1. The van der Waals surface area contributed by atoms with E-state index in [2.05, 4.69) is 22.2 Å². The molecule has 2 amide bonds. The van der Waals surface area contributed by atoms with Gasteiger partial charge in [-0.1, -0.05) is 50.8 Å². The lowest BCUT2D eigenvalue weighted by atomic mass is 9.91. The average Bonchev–Trinajstić information content (AvgIpc) is 3.49. The van der Waals surface area contributed by atoms with Gasteiger partial charge < -0.3 is 15.3 Å². The van der Waals surface area contributed by atoms with Gasteiger partial charge in [0.05, 0.1) is 17.7 Å². The molecule has 1 fully saturated rings. The topological polar surface area (TPSA) is 94.9 Å². The number of benzodiazepines with no additional fused rings is 1. The molecule has 1 saturated carbocycles. The van der Waals surface area contributed by atoms with Crippen molar-refractivity contribution in [2.75, 3.05) is 11.9 Å². The summed E-state index contributed by atoms with van der Waals surface area (Å²) in [5, 5.41) is 16.1. The van der Waals surface area contributed by atoms with E-state index in [4.69, 9.17) is 0 Å². The summed E-state index contributed by atoms with van der Waals surface area (Å²) in [4.78, 5) is 37.2. The van der Waals surface area contributed by atoms with Crippen molar-refractivity contribution in [1.29, 1.82) is 0 Å². The molecule has 0 bridgehead atoms. The van der Waals surface area contributed by atoms with Gasteiger partial charge in [0, 0.05) is 24.2 Å². The summed E-state index contributed by atoms with van der Waals surface area (Å²) in [6.45, 7) is 2.06. The minimum absolute atomic E-state index is 0.305. The second kappa shape index (κ2) is 9.92. The molecule has 2 N–H and O–H groups in total. The monoisotopic (exact) mass is 454 g/mol. The highest BCUT2D eigenvalue weighted by molar-refractivity contribution is 7.12. The maximum absolute atomic E-state index is 13.3. The largest absolute Gasteiger partial charge is 0.392 e. The van der Waals surface area contributed by atoms with Crippen LogP contribution in [0.25, 0.3) is 0 Å². The summed E-state index contributed by atoms with van der Waals surface area (Å²) >= 11 is 1.44. The van der Waals surface area contributed by atoms with Gasteiger partial charge in [0.15, 0.2) is 0 Å². The Labute approximate surface area is 192 Å². The van der Waals surface area contributed by atoms with Crippen LogP contribution in [0.3, 0.4) is 0 Å². The number of aliphatic hydroxyl groups excluding tert-OH is 1. The molecule has 1 aromatic heterocycles. The number of para-hydroxylation sites is 1. The third-order valence-corrected chi connectivity index (χ3v) is 6.98. The minimum atomic E-state index is -1.07. The lowest BCUT2D eigenvalue weighted by Gasteiger charge is -2.25. The van der Waals surface area contributed by atoms with E-state index in [1.807, 2.05) is 29.6 Å². The first-order valence-corrected chi connectivity index (χ1v) is 12.2. The van der Waals surface area contributed by atoms with Gasteiger partial charge in [-0.25, -0.2) is 9.98 Å². The number of hydrogen-bond acceptors (Lipinski definition) is 6. The van der Waals surface area contributed by atoms with Gasteiger partial charge in [-0.15, -0.1) is 11.3 Å². The molecule has 2 aliphatic rings. The van der Waals surface area contributed by atoms with Crippen LogP contribution in [0, 0.1) is 11.8 Å². The molecule has 1 aliphatic carbocycles. The molecule has 1 aliphatic heterocycles. The van der Waals surface area contributed by atoms with Crippen molar-refractivity contribution in [2.45, 2.75) is 57.7 Å². The summed E-state index contributed by atoms with van der Waals surface area (Å²) in [5.41, 5.74) is 2.11. The zero-order chi connectivity index (χ0) is 22.7. The third-order valence-electron chi connectivity index (χ3n) is 6.20. The van der Waals surface area contributed by atoms with Crippen LogP contribution in [0.2, 0.25) is 0 Å². The zero-order valence-electron chi connectivity index (χ0n) is 18.5.